The van der Waals surface area contributed by atoms with Crippen LogP contribution in [0.1, 0.15) is 51.6 Å². The zero-order valence-electron chi connectivity index (χ0n) is 12.9. The van der Waals surface area contributed by atoms with E-state index in [-0.39, 0.29) is 0 Å². The van der Waals surface area contributed by atoms with Gasteiger partial charge in [0.15, 0.2) is 11.9 Å². The van der Waals surface area contributed by atoms with Crippen molar-refractivity contribution >= 4 is 10.1 Å². The first-order chi connectivity index (χ1) is 9.38. The van der Waals surface area contributed by atoms with Crippen LogP contribution in [0.4, 0.5) is 0 Å². The van der Waals surface area contributed by atoms with Crippen LogP contribution in [0.2, 0.25) is 0 Å². The average Bonchev–Trinajstić information content (AvgIpc) is 2.37. The maximum atomic E-state index is 9.19. The van der Waals surface area contributed by atoms with Gasteiger partial charge in [-0.1, -0.05) is 39.2 Å². The first kappa shape index (κ1) is 19.1. The summed E-state index contributed by atoms with van der Waals surface area (Å²) in [6, 6.07) is 6.49. The molecule has 20 heavy (non-hydrogen) atoms. The average molecular weight is 302 g/mol. The zero-order chi connectivity index (χ0) is 15.4. The fraction of sp³-hybridized carbons (Fsp3) is 0.667. The van der Waals surface area contributed by atoms with Crippen molar-refractivity contribution < 1.29 is 17.5 Å². The minimum Gasteiger partial charge on any atom is -0.286 e. The van der Waals surface area contributed by atoms with Crippen molar-refractivity contribution in [3.63, 3.8) is 0 Å². The number of nitrogens with zero attached hydrogens (tertiary/aromatic N) is 1. The smallest absolute Gasteiger partial charge is 0.261 e. The van der Waals surface area contributed by atoms with E-state index in [1.807, 2.05) is 0 Å². The van der Waals surface area contributed by atoms with Crippen molar-refractivity contribution in [2.24, 2.45) is 0 Å². The number of aryl methyl sites for hydroxylation is 2. The summed E-state index contributed by atoms with van der Waals surface area (Å²) >= 11 is 0. The quantitative estimate of drug-likeness (QED) is 0.478. The number of unbranched alkanes of at least 4 members (excludes halogenated alkanes) is 4. The highest BCUT2D eigenvalue weighted by Crippen LogP contribution is 2.02. The summed E-state index contributed by atoms with van der Waals surface area (Å²) in [4.78, 5) is 0. The molecule has 0 saturated heterocycles. The number of hydrogen-bond acceptors (Lipinski definition) is 2. The van der Waals surface area contributed by atoms with Crippen LogP contribution in [-0.2, 0) is 23.1 Å². The molecule has 1 heterocycles. The van der Waals surface area contributed by atoms with E-state index in [1.165, 1.54) is 44.3 Å². The van der Waals surface area contributed by atoms with Crippen molar-refractivity contribution in [1.82, 2.24) is 0 Å². The largest absolute Gasteiger partial charge is 0.286 e. The molecule has 0 aliphatic rings. The standard InChI is InChI=1S/C14H24N.CH4O3S/c1-3-5-6-7-9-12-15-13-10-8-11-14(15)4-2;1-5(2,3)4/h8,10-11,13H,3-7,9,12H2,1-2H3;1H3,(H,2,3,4)/q+1;. The van der Waals surface area contributed by atoms with E-state index < -0.39 is 10.1 Å². The summed E-state index contributed by atoms with van der Waals surface area (Å²) in [5.74, 6) is 0. The third-order valence-electron chi connectivity index (χ3n) is 2.90. The van der Waals surface area contributed by atoms with Gasteiger partial charge in [0.05, 0.1) is 6.26 Å². The Morgan fingerprint density at radius 3 is 2.25 bits per heavy atom. The third-order valence-corrected chi connectivity index (χ3v) is 2.90. The lowest BCUT2D eigenvalue weighted by molar-refractivity contribution is -0.704. The molecule has 0 saturated carbocycles. The van der Waals surface area contributed by atoms with Crippen molar-refractivity contribution in [3.8, 4) is 0 Å². The molecular weight excluding hydrogens is 274 g/mol. The topological polar surface area (TPSA) is 58.2 Å². The maximum absolute atomic E-state index is 9.19. The van der Waals surface area contributed by atoms with Crippen molar-refractivity contribution in [2.45, 2.75) is 58.9 Å². The lowest BCUT2D eigenvalue weighted by atomic mass is 10.1. The van der Waals surface area contributed by atoms with Crippen molar-refractivity contribution in [2.75, 3.05) is 6.26 Å². The molecule has 0 fully saturated rings. The Hall–Kier alpha value is -0.940. The van der Waals surface area contributed by atoms with Gasteiger partial charge in [-0.2, -0.15) is 8.42 Å². The lowest BCUT2D eigenvalue weighted by Crippen LogP contribution is -2.37. The molecule has 0 bridgehead atoms. The number of aromatic nitrogens is 1. The van der Waals surface area contributed by atoms with Gasteiger partial charge in [0.25, 0.3) is 10.1 Å². The molecule has 1 aromatic heterocycles. The van der Waals surface area contributed by atoms with Crippen LogP contribution in [0.25, 0.3) is 0 Å². The predicted octanol–water partition coefficient (Wildman–Crippen LogP) is 3.01. The molecule has 1 rings (SSSR count). The van der Waals surface area contributed by atoms with E-state index in [0.717, 1.165) is 6.42 Å². The molecule has 0 aliphatic carbocycles. The summed E-state index contributed by atoms with van der Waals surface area (Å²) in [7, 11) is -3.67. The predicted molar refractivity (Wildman–Crippen MR) is 82.2 cm³/mol. The number of rotatable bonds is 7. The van der Waals surface area contributed by atoms with Gasteiger partial charge in [0, 0.05) is 25.0 Å². The van der Waals surface area contributed by atoms with Crippen LogP contribution < -0.4 is 4.57 Å². The molecule has 1 aromatic rings. The second-order valence-electron chi connectivity index (χ2n) is 4.89. The van der Waals surface area contributed by atoms with E-state index in [1.54, 1.807) is 0 Å². The molecule has 116 valence electrons. The lowest BCUT2D eigenvalue weighted by Gasteiger charge is -2.01. The Labute approximate surface area is 123 Å². The Balaban J connectivity index is 0.000000621. The molecule has 0 aliphatic heterocycles. The molecule has 0 unspecified atom stereocenters. The van der Waals surface area contributed by atoms with Crippen LogP contribution >= 0.6 is 0 Å². The van der Waals surface area contributed by atoms with Crippen LogP contribution in [0.3, 0.4) is 0 Å². The van der Waals surface area contributed by atoms with Crippen molar-refractivity contribution in [1.29, 1.82) is 0 Å². The second-order valence-corrected chi connectivity index (χ2v) is 6.35. The SMILES string of the molecule is CCCCCCC[n+]1ccccc1CC.CS(=O)(=O)O. The van der Waals surface area contributed by atoms with Crippen LogP contribution in [0.15, 0.2) is 24.4 Å². The second kappa shape index (κ2) is 10.8. The van der Waals surface area contributed by atoms with Gasteiger partial charge in [0.2, 0.25) is 0 Å². The van der Waals surface area contributed by atoms with Gasteiger partial charge in [0.1, 0.15) is 6.54 Å². The van der Waals surface area contributed by atoms with Crippen LogP contribution in [-0.4, -0.2) is 19.2 Å². The normalized spacial score (nSPS) is 10.8. The summed E-state index contributed by atoms with van der Waals surface area (Å²) in [6.45, 7) is 5.68. The summed E-state index contributed by atoms with van der Waals surface area (Å²) in [5.41, 5.74) is 1.45. The van der Waals surface area contributed by atoms with E-state index in [2.05, 4.69) is 42.8 Å². The molecular formula is C15H28NO3S+. The van der Waals surface area contributed by atoms with E-state index in [0.29, 0.717) is 6.26 Å². The summed E-state index contributed by atoms with van der Waals surface area (Å²) in [5, 5.41) is 0. The minimum absolute atomic E-state index is 0.715. The summed E-state index contributed by atoms with van der Waals surface area (Å²) < 4.78 is 28.3. The Kier molecular flexibility index (Phi) is 10.3. The fourth-order valence-corrected chi connectivity index (χ4v) is 1.94. The van der Waals surface area contributed by atoms with E-state index >= 15 is 0 Å². The van der Waals surface area contributed by atoms with Gasteiger partial charge in [-0.25, -0.2) is 4.57 Å². The molecule has 1 N–H and O–H groups in total. The third kappa shape index (κ3) is 12.1. The number of pyridine rings is 1. The Bertz CT molecular complexity index is 450. The highest BCUT2D eigenvalue weighted by atomic mass is 32.2. The van der Waals surface area contributed by atoms with Crippen LogP contribution in [0, 0.1) is 0 Å². The van der Waals surface area contributed by atoms with E-state index in [4.69, 9.17) is 4.55 Å². The highest BCUT2D eigenvalue weighted by molar-refractivity contribution is 7.85. The molecule has 0 atom stereocenters. The molecule has 4 nitrogen and oxygen atoms in total. The molecule has 0 amide bonds. The van der Waals surface area contributed by atoms with E-state index in [9.17, 15) is 8.42 Å². The highest BCUT2D eigenvalue weighted by Gasteiger charge is 2.05. The van der Waals surface area contributed by atoms with Gasteiger partial charge in [-0.05, 0) is 6.42 Å². The van der Waals surface area contributed by atoms with Gasteiger partial charge in [-0.15, -0.1) is 0 Å². The molecule has 0 spiro atoms. The first-order valence-electron chi connectivity index (χ1n) is 7.28. The Morgan fingerprint density at radius 1 is 1.10 bits per heavy atom. The van der Waals surface area contributed by atoms with Crippen LogP contribution in [0.5, 0.6) is 0 Å². The molecule has 0 radical (unpaired) electrons. The van der Waals surface area contributed by atoms with Gasteiger partial charge >= 0.3 is 0 Å². The molecule has 5 heteroatoms. The zero-order valence-corrected chi connectivity index (χ0v) is 13.7. The van der Waals surface area contributed by atoms with Crippen molar-refractivity contribution in [3.05, 3.63) is 30.1 Å². The fourth-order valence-electron chi connectivity index (χ4n) is 1.94. The Morgan fingerprint density at radius 2 is 1.70 bits per heavy atom. The van der Waals surface area contributed by atoms with Gasteiger partial charge in [-0.3, -0.25) is 4.55 Å². The molecule has 0 aromatic carbocycles. The summed E-state index contributed by atoms with van der Waals surface area (Å²) in [6.07, 6.45) is 10.9. The van der Waals surface area contributed by atoms with Gasteiger partial charge < -0.3 is 0 Å². The first-order valence-corrected chi connectivity index (χ1v) is 9.13. The number of hydrogen-bond donors (Lipinski definition) is 1. The maximum Gasteiger partial charge on any atom is 0.261 e. The minimum atomic E-state index is -3.67. The monoisotopic (exact) mass is 302 g/mol.